The van der Waals surface area contributed by atoms with E-state index in [9.17, 15) is 4.79 Å². The zero-order valence-electron chi connectivity index (χ0n) is 11.8. The molecule has 1 N–H and O–H groups in total. The van der Waals surface area contributed by atoms with Crippen molar-refractivity contribution in [3.05, 3.63) is 78.0 Å². The normalized spacial score (nSPS) is 10.9. The van der Waals surface area contributed by atoms with Crippen molar-refractivity contribution in [3.8, 4) is 0 Å². The molecule has 0 heterocycles. The van der Waals surface area contributed by atoms with Crippen molar-refractivity contribution in [1.82, 2.24) is 0 Å². The van der Waals surface area contributed by atoms with Crippen molar-refractivity contribution in [1.29, 1.82) is 0 Å². The molecule has 0 fully saturated rings. The number of allylic oxidation sites excluding steroid dienone is 1. The summed E-state index contributed by atoms with van der Waals surface area (Å²) < 4.78 is 0. The number of ketones is 1. The second-order valence-electron chi connectivity index (χ2n) is 4.98. The van der Waals surface area contributed by atoms with Crippen LogP contribution in [0.1, 0.15) is 35.7 Å². The van der Waals surface area contributed by atoms with Gasteiger partial charge in [-0.2, -0.15) is 0 Å². The van der Waals surface area contributed by atoms with E-state index in [-0.39, 0.29) is 5.78 Å². The van der Waals surface area contributed by atoms with Gasteiger partial charge in [-0.25, -0.2) is 0 Å². The molecule has 0 aliphatic heterocycles. The molecule has 0 radical (unpaired) electrons. The summed E-state index contributed by atoms with van der Waals surface area (Å²) in [6.45, 7) is 4.34. The van der Waals surface area contributed by atoms with Gasteiger partial charge in [0.05, 0.1) is 0 Å². The molecular weight excluding hydrogens is 246 g/mol. The third kappa shape index (κ3) is 3.82. The van der Waals surface area contributed by atoms with E-state index >= 15 is 0 Å². The van der Waals surface area contributed by atoms with Crippen LogP contribution in [0.15, 0.2) is 66.9 Å². The molecule has 2 nitrogen and oxygen atoms in total. The first-order valence-electron chi connectivity index (χ1n) is 6.79. The average molecular weight is 265 g/mol. The van der Waals surface area contributed by atoms with Crippen LogP contribution in [0.4, 0.5) is 5.69 Å². The molecule has 2 rings (SSSR count). The SMILES string of the molecule is CC(C)c1ccc(N/C=C/C(=O)c2ccccc2)cc1. The first-order chi connectivity index (χ1) is 9.66. The van der Waals surface area contributed by atoms with Gasteiger partial charge in [0.15, 0.2) is 5.78 Å². The van der Waals surface area contributed by atoms with E-state index in [4.69, 9.17) is 0 Å². The van der Waals surface area contributed by atoms with Gasteiger partial charge in [-0.05, 0) is 23.6 Å². The van der Waals surface area contributed by atoms with Crippen LogP contribution in [0.5, 0.6) is 0 Å². The Morgan fingerprint density at radius 3 is 2.25 bits per heavy atom. The van der Waals surface area contributed by atoms with Crippen molar-refractivity contribution < 1.29 is 4.79 Å². The van der Waals surface area contributed by atoms with Crippen LogP contribution in [0.25, 0.3) is 0 Å². The Hall–Kier alpha value is -2.35. The van der Waals surface area contributed by atoms with Crippen molar-refractivity contribution in [2.45, 2.75) is 19.8 Å². The molecule has 0 amide bonds. The molecule has 102 valence electrons. The lowest BCUT2D eigenvalue weighted by Crippen LogP contribution is -1.96. The smallest absolute Gasteiger partial charge is 0.187 e. The van der Waals surface area contributed by atoms with Crippen LogP contribution >= 0.6 is 0 Å². The first-order valence-corrected chi connectivity index (χ1v) is 6.79. The van der Waals surface area contributed by atoms with E-state index < -0.39 is 0 Å². The molecule has 0 aliphatic rings. The molecule has 2 aromatic rings. The molecule has 0 aliphatic carbocycles. The summed E-state index contributed by atoms with van der Waals surface area (Å²) >= 11 is 0. The minimum atomic E-state index is -0.00287. The number of hydrogen-bond acceptors (Lipinski definition) is 2. The lowest BCUT2D eigenvalue weighted by Gasteiger charge is -2.06. The maximum atomic E-state index is 11.9. The Bertz CT molecular complexity index is 583. The van der Waals surface area contributed by atoms with E-state index in [1.807, 2.05) is 42.5 Å². The Morgan fingerprint density at radius 1 is 1.00 bits per heavy atom. The number of hydrogen-bond donors (Lipinski definition) is 1. The van der Waals surface area contributed by atoms with Gasteiger partial charge in [-0.3, -0.25) is 4.79 Å². The minimum Gasteiger partial charge on any atom is -0.362 e. The molecule has 2 heteroatoms. The van der Waals surface area contributed by atoms with E-state index in [0.29, 0.717) is 11.5 Å². The maximum absolute atomic E-state index is 11.9. The van der Waals surface area contributed by atoms with Crippen LogP contribution in [0, 0.1) is 0 Å². The topological polar surface area (TPSA) is 29.1 Å². The summed E-state index contributed by atoms with van der Waals surface area (Å²) in [6.07, 6.45) is 3.23. The Morgan fingerprint density at radius 2 is 1.65 bits per heavy atom. The number of benzene rings is 2. The second kappa shape index (κ2) is 6.71. The highest BCUT2D eigenvalue weighted by atomic mass is 16.1. The van der Waals surface area contributed by atoms with Crippen LogP contribution in [-0.2, 0) is 0 Å². The summed E-state index contributed by atoms with van der Waals surface area (Å²) in [5.74, 6) is 0.524. The summed E-state index contributed by atoms with van der Waals surface area (Å²) in [6, 6.07) is 17.5. The molecule has 2 aromatic carbocycles. The predicted octanol–water partition coefficient (Wildman–Crippen LogP) is 4.62. The fraction of sp³-hybridized carbons (Fsp3) is 0.167. The van der Waals surface area contributed by atoms with Crippen molar-refractivity contribution in [2.24, 2.45) is 0 Å². The summed E-state index contributed by atoms with van der Waals surface area (Å²) in [5, 5.41) is 3.11. The lowest BCUT2D eigenvalue weighted by molar-refractivity contribution is 0.104. The van der Waals surface area contributed by atoms with Crippen LogP contribution in [0.2, 0.25) is 0 Å². The standard InChI is InChI=1S/C18H19NO/c1-14(2)15-8-10-17(11-9-15)19-13-12-18(20)16-6-4-3-5-7-16/h3-14,19H,1-2H3/b13-12+. The van der Waals surface area contributed by atoms with Crippen molar-refractivity contribution in [3.63, 3.8) is 0 Å². The number of anilines is 1. The zero-order valence-corrected chi connectivity index (χ0v) is 11.8. The predicted molar refractivity (Wildman–Crippen MR) is 84.1 cm³/mol. The average Bonchev–Trinajstić information content (AvgIpc) is 2.48. The van der Waals surface area contributed by atoms with Gasteiger partial charge in [0.1, 0.15) is 0 Å². The second-order valence-corrected chi connectivity index (χ2v) is 4.98. The van der Waals surface area contributed by atoms with Crippen LogP contribution in [-0.4, -0.2) is 5.78 Å². The fourth-order valence-corrected chi connectivity index (χ4v) is 1.88. The molecule has 0 atom stereocenters. The van der Waals surface area contributed by atoms with Gasteiger partial charge in [-0.1, -0.05) is 56.3 Å². The van der Waals surface area contributed by atoms with Crippen molar-refractivity contribution in [2.75, 3.05) is 5.32 Å². The summed E-state index contributed by atoms with van der Waals surface area (Å²) in [4.78, 5) is 11.9. The molecular formula is C18H19NO. The highest BCUT2D eigenvalue weighted by Gasteiger charge is 2.00. The van der Waals surface area contributed by atoms with Gasteiger partial charge < -0.3 is 5.32 Å². The molecule has 0 spiro atoms. The third-order valence-electron chi connectivity index (χ3n) is 3.12. The fourth-order valence-electron chi connectivity index (χ4n) is 1.88. The highest BCUT2D eigenvalue weighted by Crippen LogP contribution is 2.17. The van der Waals surface area contributed by atoms with Gasteiger partial charge >= 0.3 is 0 Å². The molecule has 0 saturated heterocycles. The number of nitrogens with one attached hydrogen (secondary N) is 1. The molecule has 0 saturated carbocycles. The number of rotatable bonds is 5. The molecule has 0 unspecified atom stereocenters. The van der Waals surface area contributed by atoms with E-state index in [1.54, 1.807) is 12.3 Å². The molecule has 20 heavy (non-hydrogen) atoms. The summed E-state index contributed by atoms with van der Waals surface area (Å²) in [7, 11) is 0. The van der Waals surface area contributed by atoms with Gasteiger partial charge in [0.25, 0.3) is 0 Å². The van der Waals surface area contributed by atoms with Gasteiger partial charge in [0, 0.05) is 23.5 Å². The van der Waals surface area contributed by atoms with Gasteiger partial charge in [-0.15, -0.1) is 0 Å². The maximum Gasteiger partial charge on any atom is 0.187 e. The number of carbonyl (C=O) groups excluding carboxylic acids is 1. The Labute approximate surface area is 120 Å². The largest absolute Gasteiger partial charge is 0.362 e. The quantitative estimate of drug-likeness (QED) is 0.631. The van der Waals surface area contributed by atoms with E-state index in [1.165, 1.54) is 5.56 Å². The monoisotopic (exact) mass is 265 g/mol. The molecule has 0 aromatic heterocycles. The van der Waals surface area contributed by atoms with E-state index in [2.05, 4.69) is 31.3 Å². The highest BCUT2D eigenvalue weighted by molar-refractivity contribution is 6.04. The van der Waals surface area contributed by atoms with Gasteiger partial charge in [0.2, 0.25) is 0 Å². The number of carbonyl (C=O) groups is 1. The van der Waals surface area contributed by atoms with E-state index in [0.717, 1.165) is 5.69 Å². The zero-order chi connectivity index (χ0) is 14.4. The third-order valence-corrected chi connectivity index (χ3v) is 3.12. The van der Waals surface area contributed by atoms with Crippen molar-refractivity contribution >= 4 is 11.5 Å². The Kier molecular flexibility index (Phi) is 4.72. The summed E-state index contributed by atoms with van der Waals surface area (Å²) in [5.41, 5.74) is 2.98. The van der Waals surface area contributed by atoms with Crippen LogP contribution < -0.4 is 5.32 Å². The lowest BCUT2D eigenvalue weighted by atomic mass is 10.0. The molecule has 0 bridgehead atoms. The van der Waals surface area contributed by atoms with Crippen LogP contribution in [0.3, 0.4) is 0 Å². The minimum absolute atomic E-state index is 0.00287. The Balaban J connectivity index is 1.95. The first kappa shape index (κ1) is 14.1.